The number of hydrogen-bond acceptors (Lipinski definition) is 3. The van der Waals surface area contributed by atoms with Crippen LogP contribution in [0.3, 0.4) is 0 Å². The number of imidazole rings is 1. The van der Waals surface area contributed by atoms with Gasteiger partial charge in [0.1, 0.15) is 11.6 Å². The van der Waals surface area contributed by atoms with Gasteiger partial charge in [-0.25, -0.2) is 4.98 Å². The van der Waals surface area contributed by atoms with E-state index in [1.54, 1.807) is 6.20 Å². The van der Waals surface area contributed by atoms with Crippen molar-refractivity contribution in [1.82, 2.24) is 9.55 Å². The van der Waals surface area contributed by atoms with E-state index in [2.05, 4.69) is 4.98 Å². The van der Waals surface area contributed by atoms with E-state index in [1.807, 2.05) is 29.6 Å². The molecule has 0 spiro atoms. The summed E-state index contributed by atoms with van der Waals surface area (Å²) in [6, 6.07) is 0. The fourth-order valence-electron chi connectivity index (χ4n) is 2.26. The highest BCUT2D eigenvalue weighted by molar-refractivity contribution is 7.99. The third kappa shape index (κ3) is 3.87. The van der Waals surface area contributed by atoms with Crippen molar-refractivity contribution in [3.8, 4) is 0 Å². The molecule has 0 atom stereocenters. The maximum Gasteiger partial charge on any atom is 0.133 e. The molecule has 0 saturated carbocycles. The van der Waals surface area contributed by atoms with Crippen molar-refractivity contribution in [3.05, 3.63) is 18.2 Å². The maximum absolute atomic E-state index is 11.9. The number of carbonyl (C=O) groups is 1. The normalized spacial score (nSPS) is 17.2. The van der Waals surface area contributed by atoms with Crippen LogP contribution >= 0.6 is 11.8 Å². The zero-order valence-corrected chi connectivity index (χ0v) is 11.2. The number of rotatable bonds is 5. The third-order valence-corrected chi connectivity index (χ3v) is 4.45. The second-order valence-electron chi connectivity index (χ2n) is 4.75. The summed E-state index contributed by atoms with van der Waals surface area (Å²) in [5, 5.41) is 0. The number of aryl methyl sites for hydroxylation is 2. The lowest BCUT2D eigenvalue weighted by molar-refractivity contribution is -0.120. The van der Waals surface area contributed by atoms with Gasteiger partial charge in [0.2, 0.25) is 0 Å². The molecule has 4 heteroatoms. The molecule has 1 aliphatic rings. The molecule has 94 valence electrons. The SMILES string of the molecule is Cn1ccnc1CCC(=O)CC1CCSCC1. The molecule has 3 nitrogen and oxygen atoms in total. The Morgan fingerprint density at radius 1 is 1.53 bits per heavy atom. The molecular weight excluding hydrogens is 232 g/mol. The van der Waals surface area contributed by atoms with E-state index in [0.29, 0.717) is 18.1 Å². The number of aromatic nitrogens is 2. The molecule has 0 radical (unpaired) electrons. The van der Waals surface area contributed by atoms with Gasteiger partial charge < -0.3 is 4.57 Å². The molecule has 1 aliphatic heterocycles. The van der Waals surface area contributed by atoms with Crippen LogP contribution in [0.4, 0.5) is 0 Å². The summed E-state index contributed by atoms with van der Waals surface area (Å²) in [5.41, 5.74) is 0. The van der Waals surface area contributed by atoms with E-state index >= 15 is 0 Å². The second kappa shape index (κ2) is 6.24. The first-order chi connectivity index (χ1) is 8.25. The van der Waals surface area contributed by atoms with Crippen LogP contribution in [0.2, 0.25) is 0 Å². The lowest BCUT2D eigenvalue weighted by Gasteiger charge is -2.20. The Kier molecular flexibility index (Phi) is 4.66. The predicted octanol–water partition coefficient (Wildman–Crippen LogP) is 2.46. The monoisotopic (exact) mass is 252 g/mol. The van der Waals surface area contributed by atoms with Gasteiger partial charge in [0.05, 0.1) is 0 Å². The first kappa shape index (κ1) is 12.7. The van der Waals surface area contributed by atoms with E-state index in [1.165, 1.54) is 24.3 Å². The van der Waals surface area contributed by atoms with Gasteiger partial charge in [-0.05, 0) is 30.3 Å². The van der Waals surface area contributed by atoms with Crippen molar-refractivity contribution >= 4 is 17.5 Å². The fourth-order valence-corrected chi connectivity index (χ4v) is 3.47. The second-order valence-corrected chi connectivity index (χ2v) is 5.98. The van der Waals surface area contributed by atoms with Crippen LogP contribution in [-0.4, -0.2) is 26.8 Å². The molecule has 0 aromatic carbocycles. The Hall–Kier alpha value is -0.770. The third-order valence-electron chi connectivity index (χ3n) is 3.41. The number of hydrogen-bond donors (Lipinski definition) is 0. The van der Waals surface area contributed by atoms with Crippen LogP contribution < -0.4 is 0 Å². The lowest BCUT2D eigenvalue weighted by atomic mass is 9.95. The van der Waals surface area contributed by atoms with Gasteiger partial charge in [0.25, 0.3) is 0 Å². The largest absolute Gasteiger partial charge is 0.338 e. The highest BCUT2D eigenvalue weighted by atomic mass is 32.2. The van der Waals surface area contributed by atoms with Gasteiger partial charge in [-0.3, -0.25) is 4.79 Å². The van der Waals surface area contributed by atoms with Crippen molar-refractivity contribution in [1.29, 1.82) is 0 Å². The van der Waals surface area contributed by atoms with Crippen LogP contribution in [0.25, 0.3) is 0 Å². The quantitative estimate of drug-likeness (QED) is 0.807. The summed E-state index contributed by atoms with van der Waals surface area (Å²) < 4.78 is 1.99. The molecule has 0 bridgehead atoms. The Morgan fingerprint density at radius 2 is 2.29 bits per heavy atom. The van der Waals surface area contributed by atoms with Crippen LogP contribution in [0.15, 0.2) is 12.4 Å². The molecule has 0 amide bonds. The van der Waals surface area contributed by atoms with Crippen molar-refractivity contribution in [3.63, 3.8) is 0 Å². The molecule has 0 unspecified atom stereocenters. The van der Waals surface area contributed by atoms with Gasteiger partial charge >= 0.3 is 0 Å². The van der Waals surface area contributed by atoms with Crippen LogP contribution in [0.1, 0.15) is 31.5 Å². The molecule has 0 aliphatic carbocycles. The van der Waals surface area contributed by atoms with Crippen LogP contribution in [0.5, 0.6) is 0 Å². The minimum Gasteiger partial charge on any atom is -0.338 e. The number of carbonyl (C=O) groups excluding carboxylic acids is 1. The Balaban J connectivity index is 1.72. The number of ketones is 1. The maximum atomic E-state index is 11.9. The molecule has 0 N–H and O–H groups in total. The Morgan fingerprint density at radius 3 is 2.94 bits per heavy atom. The highest BCUT2D eigenvalue weighted by Gasteiger charge is 2.17. The molecule has 1 aromatic rings. The van der Waals surface area contributed by atoms with E-state index in [0.717, 1.165) is 18.7 Å². The first-order valence-corrected chi connectivity index (χ1v) is 7.47. The van der Waals surface area contributed by atoms with Gasteiger partial charge in [-0.2, -0.15) is 11.8 Å². The minimum absolute atomic E-state index is 0.407. The van der Waals surface area contributed by atoms with E-state index in [4.69, 9.17) is 0 Å². The smallest absolute Gasteiger partial charge is 0.133 e. The van der Waals surface area contributed by atoms with E-state index in [-0.39, 0.29) is 0 Å². The van der Waals surface area contributed by atoms with Crippen molar-refractivity contribution in [2.45, 2.75) is 32.1 Å². The van der Waals surface area contributed by atoms with Gasteiger partial charge in [-0.15, -0.1) is 0 Å². The molecule has 1 saturated heterocycles. The molecular formula is C13H20N2OS. The Bertz CT molecular complexity index is 369. The molecule has 2 rings (SSSR count). The standard InChI is InChI=1S/C13H20N2OS/c1-15-7-6-14-13(15)3-2-12(16)10-11-4-8-17-9-5-11/h6-7,11H,2-5,8-10H2,1H3. The van der Waals surface area contributed by atoms with Gasteiger partial charge in [-0.1, -0.05) is 0 Å². The predicted molar refractivity (Wildman–Crippen MR) is 71.2 cm³/mol. The number of Topliss-reactive ketones (excluding diaryl/α,β-unsaturated/α-hetero) is 1. The van der Waals surface area contributed by atoms with Crippen molar-refractivity contribution < 1.29 is 4.79 Å². The minimum atomic E-state index is 0.407. The first-order valence-electron chi connectivity index (χ1n) is 6.31. The van der Waals surface area contributed by atoms with Crippen molar-refractivity contribution in [2.24, 2.45) is 13.0 Å². The molecule has 2 heterocycles. The van der Waals surface area contributed by atoms with Crippen LogP contribution in [0, 0.1) is 5.92 Å². The van der Waals surface area contributed by atoms with E-state index < -0.39 is 0 Å². The molecule has 1 fully saturated rings. The zero-order valence-electron chi connectivity index (χ0n) is 10.4. The topological polar surface area (TPSA) is 34.9 Å². The Labute approximate surface area is 107 Å². The van der Waals surface area contributed by atoms with E-state index in [9.17, 15) is 4.79 Å². The fraction of sp³-hybridized carbons (Fsp3) is 0.692. The summed E-state index contributed by atoms with van der Waals surface area (Å²) in [6.45, 7) is 0. The summed E-state index contributed by atoms with van der Waals surface area (Å²) in [6.07, 6.45) is 8.37. The summed E-state index contributed by atoms with van der Waals surface area (Å²) in [4.78, 5) is 16.1. The molecule has 1 aromatic heterocycles. The average Bonchev–Trinajstić information content (AvgIpc) is 2.74. The molecule has 17 heavy (non-hydrogen) atoms. The summed E-state index contributed by atoms with van der Waals surface area (Å²) in [7, 11) is 1.98. The average molecular weight is 252 g/mol. The number of thioether (sulfide) groups is 1. The zero-order chi connectivity index (χ0) is 12.1. The van der Waals surface area contributed by atoms with Crippen LogP contribution in [-0.2, 0) is 18.3 Å². The lowest BCUT2D eigenvalue weighted by Crippen LogP contribution is -2.15. The summed E-state index contributed by atoms with van der Waals surface area (Å²) >= 11 is 2.01. The number of nitrogens with zero attached hydrogens (tertiary/aromatic N) is 2. The van der Waals surface area contributed by atoms with Gasteiger partial charge in [0.15, 0.2) is 0 Å². The van der Waals surface area contributed by atoms with Crippen molar-refractivity contribution in [2.75, 3.05) is 11.5 Å². The summed E-state index contributed by atoms with van der Waals surface area (Å²) in [5.74, 6) is 4.53. The van der Waals surface area contributed by atoms with Gasteiger partial charge in [0, 0.05) is 38.7 Å². The highest BCUT2D eigenvalue weighted by Crippen LogP contribution is 2.25.